The molecular weight excluding hydrogens is 360 g/mol. The zero-order valence-electron chi connectivity index (χ0n) is 14.7. The van der Waals surface area contributed by atoms with Gasteiger partial charge in [0.1, 0.15) is 17.2 Å². The molecular formula is C16H20N4O5S. The van der Waals surface area contributed by atoms with Crippen LogP contribution in [0.15, 0.2) is 44.7 Å². The maximum absolute atomic E-state index is 12.5. The molecule has 0 saturated heterocycles. The second-order valence-corrected chi connectivity index (χ2v) is 7.28. The van der Waals surface area contributed by atoms with Gasteiger partial charge in [0, 0.05) is 19.2 Å². The summed E-state index contributed by atoms with van der Waals surface area (Å²) in [7, 11) is -3.79. The molecule has 10 heteroatoms. The van der Waals surface area contributed by atoms with Crippen LogP contribution in [0, 0.1) is 17.0 Å². The smallest absolute Gasteiger partial charge is 0.295 e. The summed E-state index contributed by atoms with van der Waals surface area (Å²) < 4.78 is 31.6. The Morgan fingerprint density at radius 2 is 1.96 bits per heavy atom. The second-order valence-electron chi connectivity index (χ2n) is 5.34. The van der Waals surface area contributed by atoms with E-state index in [-0.39, 0.29) is 29.4 Å². The van der Waals surface area contributed by atoms with Gasteiger partial charge in [0.25, 0.3) is 5.69 Å². The number of nitro benzene ring substituents is 1. The Bertz CT molecular complexity index is 916. The highest BCUT2D eigenvalue weighted by Gasteiger charge is 2.25. The molecule has 140 valence electrons. The quantitative estimate of drug-likeness (QED) is 0.427. The zero-order chi connectivity index (χ0) is 19.3. The van der Waals surface area contributed by atoms with Crippen molar-refractivity contribution in [3.05, 3.63) is 52.0 Å². The molecule has 0 radical (unpaired) electrons. The third-order valence-corrected chi connectivity index (χ3v) is 5.69. The topological polar surface area (TPSA) is 118 Å². The molecule has 0 bridgehead atoms. The van der Waals surface area contributed by atoms with E-state index in [9.17, 15) is 18.5 Å². The van der Waals surface area contributed by atoms with Crippen LogP contribution in [0.5, 0.6) is 0 Å². The molecule has 26 heavy (non-hydrogen) atoms. The maximum atomic E-state index is 12.5. The Labute approximate surface area is 151 Å². The number of hydrogen-bond donors (Lipinski definition) is 1. The minimum atomic E-state index is -3.79. The number of anilines is 1. The molecule has 2 rings (SSSR count). The van der Waals surface area contributed by atoms with Crippen LogP contribution in [0.2, 0.25) is 0 Å². The minimum Gasteiger partial charge on any atom is -0.460 e. The average Bonchev–Trinajstić information content (AvgIpc) is 3.01. The number of hydrogen-bond acceptors (Lipinski definition) is 7. The standard InChI is InChI=1S/C16H20N4O5S/c1-4-19(5-2)26(23,24)14-8-9-15(16(10-14)20(21)22)18-17-11-13-7-6-12(3)25-13/h6-11,18H,4-5H2,1-3H3/b17-11+. The molecule has 1 aromatic heterocycles. The Morgan fingerprint density at radius 3 is 2.50 bits per heavy atom. The van der Waals surface area contributed by atoms with E-state index in [4.69, 9.17) is 4.42 Å². The average molecular weight is 380 g/mol. The van der Waals surface area contributed by atoms with Crippen LogP contribution < -0.4 is 5.43 Å². The number of rotatable bonds is 8. The van der Waals surface area contributed by atoms with Gasteiger partial charge in [-0.25, -0.2) is 8.42 Å². The number of hydrazone groups is 1. The lowest BCUT2D eigenvalue weighted by molar-refractivity contribution is -0.384. The monoisotopic (exact) mass is 380 g/mol. The molecule has 0 amide bonds. The molecule has 0 aliphatic heterocycles. The Balaban J connectivity index is 2.31. The van der Waals surface area contributed by atoms with Crippen molar-refractivity contribution in [2.24, 2.45) is 5.10 Å². The van der Waals surface area contributed by atoms with Crippen molar-refractivity contribution >= 4 is 27.6 Å². The van der Waals surface area contributed by atoms with Crippen LogP contribution >= 0.6 is 0 Å². The second kappa shape index (κ2) is 8.11. The fourth-order valence-electron chi connectivity index (χ4n) is 2.32. The van der Waals surface area contributed by atoms with E-state index in [1.807, 2.05) is 0 Å². The maximum Gasteiger partial charge on any atom is 0.295 e. The fraction of sp³-hybridized carbons (Fsp3) is 0.312. The first-order chi connectivity index (χ1) is 12.3. The van der Waals surface area contributed by atoms with Crippen LogP contribution in [-0.4, -0.2) is 37.0 Å². The number of benzene rings is 1. The summed E-state index contributed by atoms with van der Waals surface area (Å²) in [6, 6.07) is 7.13. The Hall–Kier alpha value is -2.72. The first-order valence-corrected chi connectivity index (χ1v) is 9.37. The number of nitrogens with zero attached hydrogens (tertiary/aromatic N) is 3. The molecule has 0 aliphatic rings. The van der Waals surface area contributed by atoms with Crippen molar-refractivity contribution in [3.8, 4) is 0 Å². The van der Waals surface area contributed by atoms with Crippen LogP contribution in [0.25, 0.3) is 0 Å². The lowest BCUT2D eigenvalue weighted by Crippen LogP contribution is -2.30. The lowest BCUT2D eigenvalue weighted by Gasteiger charge is -2.18. The predicted molar refractivity (Wildman–Crippen MR) is 97.9 cm³/mol. The summed E-state index contributed by atoms with van der Waals surface area (Å²) in [5.74, 6) is 1.20. The Kier molecular flexibility index (Phi) is 6.11. The highest BCUT2D eigenvalue weighted by Crippen LogP contribution is 2.29. The molecule has 1 N–H and O–H groups in total. The van der Waals surface area contributed by atoms with Crippen molar-refractivity contribution in [1.82, 2.24) is 4.31 Å². The molecule has 1 aromatic carbocycles. The number of aryl methyl sites for hydroxylation is 1. The largest absolute Gasteiger partial charge is 0.460 e. The number of furan rings is 1. The molecule has 0 fully saturated rings. The van der Waals surface area contributed by atoms with Crippen LogP contribution in [0.3, 0.4) is 0 Å². The van der Waals surface area contributed by atoms with Crippen LogP contribution in [0.1, 0.15) is 25.4 Å². The first kappa shape index (κ1) is 19.6. The van der Waals surface area contributed by atoms with Gasteiger partial charge in [-0.1, -0.05) is 13.8 Å². The molecule has 0 saturated carbocycles. The highest BCUT2D eigenvalue weighted by atomic mass is 32.2. The van der Waals surface area contributed by atoms with E-state index in [2.05, 4.69) is 10.5 Å². The normalized spacial score (nSPS) is 12.0. The molecule has 0 atom stereocenters. The summed E-state index contributed by atoms with van der Waals surface area (Å²) in [6.45, 7) is 5.75. The molecule has 1 heterocycles. The van der Waals surface area contributed by atoms with Crippen molar-refractivity contribution < 1.29 is 17.8 Å². The van der Waals surface area contributed by atoms with Gasteiger partial charge in [0.15, 0.2) is 0 Å². The van der Waals surface area contributed by atoms with Crippen molar-refractivity contribution in [3.63, 3.8) is 0 Å². The summed E-state index contributed by atoms with van der Waals surface area (Å²) in [6.07, 6.45) is 1.37. The molecule has 0 aliphatic carbocycles. The van der Waals surface area contributed by atoms with E-state index >= 15 is 0 Å². The van der Waals surface area contributed by atoms with Gasteiger partial charge in [0.2, 0.25) is 10.0 Å². The van der Waals surface area contributed by atoms with Crippen molar-refractivity contribution in [1.29, 1.82) is 0 Å². The van der Waals surface area contributed by atoms with E-state index in [0.717, 1.165) is 6.07 Å². The van der Waals surface area contributed by atoms with Crippen molar-refractivity contribution in [2.75, 3.05) is 18.5 Å². The molecule has 9 nitrogen and oxygen atoms in total. The van der Waals surface area contributed by atoms with Crippen LogP contribution in [-0.2, 0) is 10.0 Å². The van der Waals surface area contributed by atoms with Gasteiger partial charge in [0.05, 0.1) is 16.0 Å². The number of nitro groups is 1. The minimum absolute atomic E-state index is 0.0769. The third-order valence-electron chi connectivity index (χ3n) is 3.65. The van der Waals surface area contributed by atoms with Gasteiger partial charge in [-0.15, -0.1) is 0 Å². The fourth-order valence-corrected chi connectivity index (χ4v) is 3.80. The summed E-state index contributed by atoms with van der Waals surface area (Å²) in [5.41, 5.74) is 2.24. The molecule has 2 aromatic rings. The number of nitrogens with one attached hydrogen (secondary N) is 1. The number of sulfonamides is 1. The summed E-state index contributed by atoms with van der Waals surface area (Å²) in [5, 5.41) is 15.2. The van der Waals surface area contributed by atoms with Gasteiger partial charge in [-0.3, -0.25) is 15.5 Å². The van der Waals surface area contributed by atoms with Crippen LogP contribution in [0.4, 0.5) is 11.4 Å². The van der Waals surface area contributed by atoms with Crippen molar-refractivity contribution in [2.45, 2.75) is 25.7 Å². The van der Waals surface area contributed by atoms with Gasteiger partial charge in [-0.05, 0) is 31.2 Å². The van der Waals surface area contributed by atoms with E-state index in [1.165, 1.54) is 22.7 Å². The van der Waals surface area contributed by atoms with Gasteiger partial charge < -0.3 is 4.42 Å². The zero-order valence-corrected chi connectivity index (χ0v) is 15.5. The molecule has 0 spiro atoms. The lowest BCUT2D eigenvalue weighted by atomic mass is 10.3. The summed E-state index contributed by atoms with van der Waals surface area (Å²) >= 11 is 0. The SMILES string of the molecule is CCN(CC)S(=O)(=O)c1ccc(N/N=C/c2ccc(C)o2)c([N+](=O)[O-])c1. The highest BCUT2D eigenvalue weighted by molar-refractivity contribution is 7.89. The van der Waals surface area contributed by atoms with E-state index in [1.54, 1.807) is 32.9 Å². The predicted octanol–water partition coefficient (Wildman–Crippen LogP) is 2.97. The third kappa shape index (κ3) is 4.27. The van der Waals surface area contributed by atoms with Gasteiger partial charge >= 0.3 is 0 Å². The summed E-state index contributed by atoms with van der Waals surface area (Å²) in [4.78, 5) is 10.5. The van der Waals surface area contributed by atoms with E-state index in [0.29, 0.717) is 11.5 Å². The Morgan fingerprint density at radius 1 is 1.27 bits per heavy atom. The van der Waals surface area contributed by atoms with E-state index < -0.39 is 14.9 Å². The first-order valence-electron chi connectivity index (χ1n) is 7.93. The van der Waals surface area contributed by atoms with Gasteiger partial charge in [-0.2, -0.15) is 9.41 Å². The molecule has 0 unspecified atom stereocenters.